The Morgan fingerprint density at radius 3 is 2.15 bits per heavy atom. The molecule has 0 N–H and O–H groups in total. The number of carbonyl (C=O) groups is 1. The number of unbranched alkanes of at least 4 members (excludes halogenated alkanes) is 1. The molecule has 0 radical (unpaired) electrons. The van der Waals surface area contributed by atoms with E-state index < -0.39 is 0 Å². The van der Waals surface area contributed by atoms with Gasteiger partial charge in [-0.05, 0) is 54.0 Å². The maximum atomic E-state index is 12.5. The zero-order chi connectivity index (χ0) is 18.4. The molecule has 0 aromatic heterocycles. The molecule has 0 amide bonds. The van der Waals surface area contributed by atoms with Crippen molar-refractivity contribution in [2.24, 2.45) is 5.92 Å². The van der Waals surface area contributed by atoms with Crippen LogP contribution >= 0.6 is 0 Å². The second-order valence-electron chi connectivity index (χ2n) is 7.42. The Hall–Kier alpha value is -2.09. The minimum Gasteiger partial charge on any atom is -0.494 e. The van der Waals surface area contributed by atoms with Gasteiger partial charge >= 0.3 is 0 Å². The third-order valence-electron chi connectivity index (χ3n) is 5.59. The van der Waals surface area contributed by atoms with Crippen molar-refractivity contribution in [3.8, 4) is 16.9 Å². The molecule has 2 heteroatoms. The summed E-state index contributed by atoms with van der Waals surface area (Å²) in [5.74, 6) is 2.04. The summed E-state index contributed by atoms with van der Waals surface area (Å²) in [5.41, 5.74) is 3.54. The fourth-order valence-corrected chi connectivity index (χ4v) is 3.78. The number of Topliss-reactive ketones (excluding diaryl/α,β-unsaturated/α-hetero) is 1. The van der Waals surface area contributed by atoms with Gasteiger partial charge in [-0.3, -0.25) is 4.79 Å². The first-order chi connectivity index (χ1) is 12.7. The normalized spacial score (nSPS) is 20.2. The Balaban J connectivity index is 1.65. The van der Waals surface area contributed by atoms with Crippen LogP contribution in [0.5, 0.6) is 5.75 Å². The number of hydrogen-bond acceptors (Lipinski definition) is 2. The second kappa shape index (κ2) is 9.02. The summed E-state index contributed by atoms with van der Waals surface area (Å²) in [5, 5.41) is 0. The van der Waals surface area contributed by atoms with Gasteiger partial charge in [0.25, 0.3) is 0 Å². The highest BCUT2D eigenvalue weighted by Gasteiger charge is 2.28. The van der Waals surface area contributed by atoms with E-state index in [9.17, 15) is 4.79 Å². The Labute approximate surface area is 157 Å². The fraction of sp³-hybridized carbons (Fsp3) is 0.458. The van der Waals surface area contributed by atoms with Crippen LogP contribution in [0, 0.1) is 5.92 Å². The van der Waals surface area contributed by atoms with E-state index in [2.05, 4.69) is 50.2 Å². The van der Waals surface area contributed by atoms with Crippen LogP contribution in [-0.2, 0) is 4.79 Å². The Morgan fingerprint density at radius 2 is 1.58 bits per heavy atom. The molecular weight excluding hydrogens is 320 g/mol. The number of carbonyl (C=O) groups excluding carboxylic acids is 1. The van der Waals surface area contributed by atoms with E-state index in [0.717, 1.165) is 44.5 Å². The topological polar surface area (TPSA) is 26.3 Å². The van der Waals surface area contributed by atoms with Crippen LogP contribution in [-0.4, -0.2) is 12.4 Å². The largest absolute Gasteiger partial charge is 0.494 e. The third kappa shape index (κ3) is 4.55. The van der Waals surface area contributed by atoms with Crippen LogP contribution in [0.4, 0.5) is 0 Å². The molecule has 0 saturated heterocycles. The molecule has 1 aliphatic rings. The van der Waals surface area contributed by atoms with Gasteiger partial charge in [0.1, 0.15) is 11.5 Å². The lowest BCUT2D eigenvalue weighted by atomic mass is 9.77. The molecule has 138 valence electrons. The zero-order valence-electron chi connectivity index (χ0n) is 16.0. The summed E-state index contributed by atoms with van der Waals surface area (Å²) in [6.07, 6.45) is 6.28. The third-order valence-corrected chi connectivity index (χ3v) is 5.59. The summed E-state index contributed by atoms with van der Waals surface area (Å²) in [4.78, 5) is 12.5. The van der Waals surface area contributed by atoms with Gasteiger partial charge in [-0.1, -0.05) is 63.1 Å². The summed E-state index contributed by atoms with van der Waals surface area (Å²) in [7, 11) is 0. The highest BCUT2D eigenvalue weighted by Crippen LogP contribution is 2.35. The van der Waals surface area contributed by atoms with Gasteiger partial charge in [-0.2, -0.15) is 0 Å². The van der Waals surface area contributed by atoms with Crippen molar-refractivity contribution in [3.05, 3.63) is 54.1 Å². The molecule has 0 aliphatic heterocycles. The van der Waals surface area contributed by atoms with E-state index in [1.165, 1.54) is 23.1 Å². The molecule has 2 atom stereocenters. The standard InChI is InChI=1S/C24H30O2/c1-3-5-16-26-22-13-11-20(12-14-22)19-7-9-21(10-8-19)23-15-6-18(4-2)17-24(23)25/h7-14,18,23H,3-6,15-17H2,1-2H3/t18-,23+/m0/s1. The van der Waals surface area contributed by atoms with E-state index >= 15 is 0 Å². The van der Waals surface area contributed by atoms with Crippen LogP contribution in [0.1, 0.15) is 63.9 Å². The first kappa shape index (κ1) is 18.7. The molecule has 2 aromatic rings. The number of rotatable bonds is 7. The summed E-state index contributed by atoms with van der Waals surface area (Å²) in [6, 6.07) is 16.8. The summed E-state index contributed by atoms with van der Waals surface area (Å²) in [6.45, 7) is 5.13. The molecule has 26 heavy (non-hydrogen) atoms. The van der Waals surface area contributed by atoms with Gasteiger partial charge in [0, 0.05) is 12.3 Å². The van der Waals surface area contributed by atoms with Crippen molar-refractivity contribution >= 4 is 5.78 Å². The summed E-state index contributed by atoms with van der Waals surface area (Å²) >= 11 is 0. The van der Waals surface area contributed by atoms with Crippen LogP contribution in [0.2, 0.25) is 0 Å². The number of hydrogen-bond donors (Lipinski definition) is 0. The van der Waals surface area contributed by atoms with E-state index in [4.69, 9.17) is 4.74 Å². The van der Waals surface area contributed by atoms with Crippen molar-refractivity contribution in [3.63, 3.8) is 0 Å². The lowest BCUT2D eigenvalue weighted by Crippen LogP contribution is -2.23. The van der Waals surface area contributed by atoms with Gasteiger partial charge in [0.05, 0.1) is 6.61 Å². The molecule has 3 rings (SSSR count). The highest BCUT2D eigenvalue weighted by atomic mass is 16.5. The van der Waals surface area contributed by atoms with E-state index in [1.54, 1.807) is 0 Å². The van der Waals surface area contributed by atoms with Gasteiger partial charge in [-0.25, -0.2) is 0 Å². The molecule has 1 fully saturated rings. The van der Waals surface area contributed by atoms with Crippen molar-refractivity contribution in [1.82, 2.24) is 0 Å². The zero-order valence-corrected chi connectivity index (χ0v) is 16.0. The highest BCUT2D eigenvalue weighted by molar-refractivity contribution is 5.86. The lowest BCUT2D eigenvalue weighted by molar-refractivity contribution is -0.123. The SMILES string of the molecule is CCCCOc1ccc(-c2ccc([C@H]3CC[C@H](CC)CC3=O)cc2)cc1. The fourth-order valence-electron chi connectivity index (χ4n) is 3.78. The minimum absolute atomic E-state index is 0.0983. The van der Waals surface area contributed by atoms with Crippen LogP contribution < -0.4 is 4.74 Å². The molecule has 0 spiro atoms. The van der Waals surface area contributed by atoms with E-state index in [-0.39, 0.29) is 5.92 Å². The number of ether oxygens (including phenoxy) is 1. The number of benzene rings is 2. The minimum atomic E-state index is 0.0983. The second-order valence-corrected chi connectivity index (χ2v) is 7.42. The van der Waals surface area contributed by atoms with Gasteiger partial charge in [0.15, 0.2) is 0 Å². The van der Waals surface area contributed by atoms with Crippen molar-refractivity contribution in [2.45, 2.75) is 58.3 Å². The van der Waals surface area contributed by atoms with E-state index in [0.29, 0.717) is 11.7 Å². The van der Waals surface area contributed by atoms with E-state index in [1.807, 2.05) is 12.1 Å². The predicted molar refractivity (Wildman–Crippen MR) is 108 cm³/mol. The van der Waals surface area contributed by atoms with Crippen LogP contribution in [0.25, 0.3) is 11.1 Å². The van der Waals surface area contributed by atoms with Crippen LogP contribution in [0.3, 0.4) is 0 Å². The molecule has 0 unspecified atom stereocenters. The average Bonchev–Trinajstić information content (AvgIpc) is 2.69. The van der Waals surface area contributed by atoms with Crippen molar-refractivity contribution in [1.29, 1.82) is 0 Å². The molecule has 1 aliphatic carbocycles. The molecule has 0 bridgehead atoms. The Bertz CT molecular complexity index is 700. The Kier molecular flexibility index (Phi) is 6.49. The first-order valence-electron chi connectivity index (χ1n) is 10.1. The smallest absolute Gasteiger partial charge is 0.140 e. The maximum absolute atomic E-state index is 12.5. The predicted octanol–water partition coefficient (Wildman–Crippen LogP) is 6.40. The molecule has 2 nitrogen and oxygen atoms in total. The molecule has 2 aromatic carbocycles. The molecular formula is C24H30O2. The molecule has 0 heterocycles. The first-order valence-corrected chi connectivity index (χ1v) is 10.1. The van der Waals surface area contributed by atoms with Gasteiger partial charge < -0.3 is 4.74 Å². The Morgan fingerprint density at radius 1 is 0.923 bits per heavy atom. The van der Waals surface area contributed by atoms with Crippen LogP contribution in [0.15, 0.2) is 48.5 Å². The monoisotopic (exact) mass is 350 g/mol. The van der Waals surface area contributed by atoms with Crippen molar-refractivity contribution < 1.29 is 9.53 Å². The maximum Gasteiger partial charge on any atom is 0.140 e. The lowest BCUT2D eigenvalue weighted by Gasteiger charge is -2.27. The average molecular weight is 351 g/mol. The van der Waals surface area contributed by atoms with Crippen molar-refractivity contribution in [2.75, 3.05) is 6.61 Å². The van der Waals surface area contributed by atoms with Gasteiger partial charge in [-0.15, -0.1) is 0 Å². The quantitative estimate of drug-likeness (QED) is 0.540. The number of ketones is 1. The molecule has 1 saturated carbocycles. The van der Waals surface area contributed by atoms with Gasteiger partial charge in [0.2, 0.25) is 0 Å². The summed E-state index contributed by atoms with van der Waals surface area (Å²) < 4.78 is 5.73.